The Balaban J connectivity index is 2.39. The van der Waals surface area contributed by atoms with Gasteiger partial charge in [-0.15, -0.1) is 0 Å². The highest BCUT2D eigenvalue weighted by molar-refractivity contribution is 9.10. The number of hydrogen-bond donors (Lipinski definition) is 1. The topological polar surface area (TPSA) is 66.5 Å². The van der Waals surface area contributed by atoms with E-state index in [-0.39, 0.29) is 4.90 Å². The zero-order valence-corrected chi connectivity index (χ0v) is 16.5. The van der Waals surface area contributed by atoms with Crippen LogP contribution in [0.2, 0.25) is 5.02 Å². The van der Waals surface area contributed by atoms with Crippen molar-refractivity contribution in [3.63, 3.8) is 0 Å². The standard InChI is InChI=1S/C16H16BrClN2O3S/c1-10-4-6-12(24(22,23)20(2)3)9-15(10)19-16(21)13-8-11(17)5-7-14(13)18/h4-9H,1-3H3,(H,19,21). The third-order valence-corrected chi connectivity index (χ3v) is 6.04. The molecule has 24 heavy (non-hydrogen) atoms. The Kier molecular flexibility index (Phi) is 5.70. The van der Waals surface area contributed by atoms with Crippen LogP contribution >= 0.6 is 27.5 Å². The van der Waals surface area contributed by atoms with Crippen molar-refractivity contribution in [2.75, 3.05) is 19.4 Å². The molecule has 0 atom stereocenters. The number of carbonyl (C=O) groups is 1. The number of hydrogen-bond acceptors (Lipinski definition) is 3. The van der Waals surface area contributed by atoms with E-state index in [9.17, 15) is 13.2 Å². The molecule has 0 aromatic heterocycles. The summed E-state index contributed by atoms with van der Waals surface area (Å²) in [5, 5.41) is 3.03. The maximum atomic E-state index is 12.5. The minimum atomic E-state index is -3.58. The lowest BCUT2D eigenvalue weighted by atomic mass is 10.1. The summed E-state index contributed by atoms with van der Waals surface area (Å²) in [4.78, 5) is 12.6. The average molecular weight is 432 g/mol. The molecule has 0 spiro atoms. The second-order valence-corrected chi connectivity index (χ2v) is 8.82. The molecule has 2 aromatic rings. The van der Waals surface area contributed by atoms with Crippen molar-refractivity contribution in [1.29, 1.82) is 0 Å². The van der Waals surface area contributed by atoms with E-state index in [0.717, 1.165) is 14.3 Å². The van der Waals surface area contributed by atoms with Gasteiger partial charge in [-0.25, -0.2) is 12.7 Å². The first-order valence-electron chi connectivity index (χ1n) is 6.92. The first kappa shape index (κ1) is 18.9. The summed E-state index contributed by atoms with van der Waals surface area (Å²) in [6.45, 7) is 1.78. The van der Waals surface area contributed by atoms with Gasteiger partial charge < -0.3 is 5.32 Å². The van der Waals surface area contributed by atoms with Crippen LogP contribution in [0.4, 0.5) is 5.69 Å². The zero-order chi connectivity index (χ0) is 18.1. The molecule has 0 saturated carbocycles. The predicted molar refractivity (Wildman–Crippen MR) is 99.2 cm³/mol. The van der Waals surface area contributed by atoms with Gasteiger partial charge in [-0.2, -0.15) is 0 Å². The van der Waals surface area contributed by atoms with Crippen molar-refractivity contribution in [2.24, 2.45) is 0 Å². The lowest BCUT2D eigenvalue weighted by Crippen LogP contribution is -2.22. The molecular formula is C16H16BrClN2O3S. The van der Waals surface area contributed by atoms with E-state index in [4.69, 9.17) is 11.6 Å². The van der Waals surface area contributed by atoms with Gasteiger partial charge in [0.15, 0.2) is 0 Å². The second kappa shape index (κ2) is 7.23. The molecule has 8 heteroatoms. The largest absolute Gasteiger partial charge is 0.322 e. The van der Waals surface area contributed by atoms with E-state index in [1.807, 2.05) is 0 Å². The summed E-state index contributed by atoms with van der Waals surface area (Å²) < 4.78 is 26.3. The molecule has 0 fully saturated rings. The van der Waals surface area contributed by atoms with E-state index < -0.39 is 15.9 Å². The van der Waals surface area contributed by atoms with Gasteiger partial charge in [-0.1, -0.05) is 33.6 Å². The van der Waals surface area contributed by atoms with Crippen LogP contribution in [0.15, 0.2) is 45.8 Å². The van der Waals surface area contributed by atoms with E-state index >= 15 is 0 Å². The number of rotatable bonds is 4. The summed E-state index contributed by atoms with van der Waals surface area (Å²) in [7, 11) is -0.677. The Morgan fingerprint density at radius 3 is 2.46 bits per heavy atom. The molecule has 0 saturated heterocycles. The van der Waals surface area contributed by atoms with Gasteiger partial charge in [0.1, 0.15) is 0 Å². The molecule has 0 bridgehead atoms. The molecule has 0 aliphatic carbocycles. The second-order valence-electron chi connectivity index (χ2n) is 5.34. The van der Waals surface area contributed by atoms with Gasteiger partial charge >= 0.3 is 0 Å². The molecule has 0 aliphatic heterocycles. The van der Waals surface area contributed by atoms with Gasteiger partial charge in [-0.3, -0.25) is 4.79 Å². The summed E-state index contributed by atoms with van der Waals surface area (Å²) >= 11 is 9.35. The Bertz CT molecular complexity index is 898. The van der Waals surface area contributed by atoms with Crippen LogP contribution < -0.4 is 5.32 Å². The van der Waals surface area contributed by atoms with Crippen molar-refractivity contribution < 1.29 is 13.2 Å². The van der Waals surface area contributed by atoms with Crippen LogP contribution in [0.25, 0.3) is 0 Å². The van der Waals surface area contributed by atoms with Gasteiger partial charge in [-0.05, 0) is 42.8 Å². The van der Waals surface area contributed by atoms with E-state index in [2.05, 4.69) is 21.2 Å². The quantitative estimate of drug-likeness (QED) is 0.798. The SMILES string of the molecule is Cc1ccc(S(=O)(=O)N(C)C)cc1NC(=O)c1cc(Br)ccc1Cl. The molecule has 2 rings (SSSR count). The predicted octanol–water partition coefficient (Wildman–Crippen LogP) is 3.91. The highest BCUT2D eigenvalue weighted by Crippen LogP contribution is 2.25. The van der Waals surface area contributed by atoms with Gasteiger partial charge in [0.25, 0.3) is 5.91 Å². The number of halogens is 2. The van der Waals surface area contributed by atoms with Gasteiger partial charge in [0.2, 0.25) is 10.0 Å². The number of nitrogens with zero attached hydrogens (tertiary/aromatic N) is 1. The average Bonchev–Trinajstić information content (AvgIpc) is 2.51. The summed E-state index contributed by atoms with van der Waals surface area (Å²) in [6.07, 6.45) is 0. The maximum Gasteiger partial charge on any atom is 0.257 e. The number of carbonyl (C=O) groups excluding carboxylic acids is 1. The Hall–Kier alpha value is -1.41. The van der Waals surface area contributed by atoms with E-state index in [0.29, 0.717) is 16.3 Å². The fourth-order valence-corrected chi connectivity index (χ4v) is 3.46. The molecule has 2 aromatic carbocycles. The molecule has 5 nitrogen and oxygen atoms in total. The fraction of sp³-hybridized carbons (Fsp3) is 0.188. The van der Waals surface area contributed by atoms with Crippen LogP contribution in [0.1, 0.15) is 15.9 Å². The number of sulfonamides is 1. The van der Waals surface area contributed by atoms with Crippen LogP contribution in [0, 0.1) is 6.92 Å². The van der Waals surface area contributed by atoms with Crippen LogP contribution in [-0.4, -0.2) is 32.7 Å². The lowest BCUT2D eigenvalue weighted by Gasteiger charge is -2.15. The molecule has 0 heterocycles. The van der Waals surface area contributed by atoms with Crippen molar-refractivity contribution in [3.05, 3.63) is 57.0 Å². The minimum Gasteiger partial charge on any atom is -0.322 e. The molecule has 1 N–H and O–H groups in total. The number of nitrogens with one attached hydrogen (secondary N) is 1. The number of aryl methyl sites for hydroxylation is 1. The molecular weight excluding hydrogens is 416 g/mol. The Labute approximate surface area is 154 Å². The van der Waals surface area contributed by atoms with Gasteiger partial charge in [0, 0.05) is 24.3 Å². The monoisotopic (exact) mass is 430 g/mol. The van der Waals surface area contributed by atoms with Crippen LogP contribution in [-0.2, 0) is 10.0 Å². The van der Waals surface area contributed by atoms with Crippen molar-refractivity contribution >= 4 is 49.1 Å². The maximum absolute atomic E-state index is 12.5. The first-order chi connectivity index (χ1) is 11.1. The van der Waals surface area contributed by atoms with Crippen molar-refractivity contribution in [1.82, 2.24) is 4.31 Å². The van der Waals surface area contributed by atoms with Gasteiger partial charge in [0.05, 0.1) is 15.5 Å². The van der Waals surface area contributed by atoms with E-state index in [1.54, 1.807) is 31.2 Å². The van der Waals surface area contributed by atoms with Crippen molar-refractivity contribution in [2.45, 2.75) is 11.8 Å². The molecule has 0 aliphatic rings. The Morgan fingerprint density at radius 2 is 1.83 bits per heavy atom. The number of benzene rings is 2. The third kappa shape index (κ3) is 3.97. The number of amides is 1. The normalized spacial score (nSPS) is 11.6. The summed E-state index contributed by atoms with van der Waals surface area (Å²) in [6, 6.07) is 9.54. The van der Waals surface area contributed by atoms with Crippen LogP contribution in [0.3, 0.4) is 0 Å². The highest BCUT2D eigenvalue weighted by Gasteiger charge is 2.19. The molecule has 128 valence electrons. The third-order valence-electron chi connectivity index (χ3n) is 3.41. The molecule has 0 unspecified atom stereocenters. The highest BCUT2D eigenvalue weighted by atomic mass is 79.9. The zero-order valence-electron chi connectivity index (χ0n) is 13.3. The molecule has 0 radical (unpaired) electrons. The smallest absolute Gasteiger partial charge is 0.257 e. The lowest BCUT2D eigenvalue weighted by molar-refractivity contribution is 0.102. The van der Waals surface area contributed by atoms with E-state index in [1.165, 1.54) is 26.2 Å². The summed E-state index contributed by atoms with van der Waals surface area (Å²) in [5.41, 5.74) is 1.46. The molecule has 1 amide bonds. The summed E-state index contributed by atoms with van der Waals surface area (Å²) in [5.74, 6) is -0.413. The van der Waals surface area contributed by atoms with Crippen LogP contribution in [0.5, 0.6) is 0 Å². The number of anilines is 1. The Morgan fingerprint density at radius 1 is 1.17 bits per heavy atom. The first-order valence-corrected chi connectivity index (χ1v) is 9.53. The minimum absolute atomic E-state index is 0.105. The fourth-order valence-electron chi connectivity index (χ4n) is 1.97. The van der Waals surface area contributed by atoms with Crippen molar-refractivity contribution in [3.8, 4) is 0 Å².